The van der Waals surface area contributed by atoms with Crippen LogP contribution in [0, 0.1) is 6.92 Å². The third-order valence-electron chi connectivity index (χ3n) is 3.00. The van der Waals surface area contributed by atoms with E-state index in [0.717, 1.165) is 5.56 Å². The summed E-state index contributed by atoms with van der Waals surface area (Å²) in [4.78, 5) is 23.4. The molecule has 2 rings (SSSR count). The van der Waals surface area contributed by atoms with Crippen molar-refractivity contribution in [2.24, 2.45) is 0 Å². The van der Waals surface area contributed by atoms with Crippen LogP contribution in [0.1, 0.15) is 41.4 Å². The van der Waals surface area contributed by atoms with Gasteiger partial charge in [-0.2, -0.15) is 0 Å². The SMILES string of the molecule is Cc1ccc(-n2[nH]c(C(C)C)c(C(=O)O)c2=O)cc1. The lowest BCUT2D eigenvalue weighted by molar-refractivity contribution is 0.0694. The van der Waals surface area contributed by atoms with Crippen LogP contribution in [-0.4, -0.2) is 20.9 Å². The van der Waals surface area contributed by atoms with Crippen molar-refractivity contribution >= 4 is 5.97 Å². The van der Waals surface area contributed by atoms with E-state index in [-0.39, 0.29) is 11.5 Å². The van der Waals surface area contributed by atoms with Gasteiger partial charge in [0.15, 0.2) is 0 Å². The number of nitrogens with zero attached hydrogens (tertiary/aromatic N) is 1. The summed E-state index contributed by atoms with van der Waals surface area (Å²) in [6.45, 7) is 5.64. The predicted molar refractivity (Wildman–Crippen MR) is 72.2 cm³/mol. The minimum Gasteiger partial charge on any atom is -0.477 e. The lowest BCUT2D eigenvalue weighted by Crippen LogP contribution is -2.20. The fourth-order valence-electron chi connectivity index (χ4n) is 1.95. The average molecular weight is 260 g/mol. The van der Waals surface area contributed by atoms with Crippen molar-refractivity contribution in [3.05, 3.63) is 51.4 Å². The van der Waals surface area contributed by atoms with E-state index in [0.29, 0.717) is 11.4 Å². The highest BCUT2D eigenvalue weighted by Gasteiger charge is 2.22. The van der Waals surface area contributed by atoms with Gasteiger partial charge < -0.3 is 5.11 Å². The Balaban J connectivity index is 2.66. The molecule has 0 bridgehead atoms. The van der Waals surface area contributed by atoms with Crippen LogP contribution in [0.15, 0.2) is 29.1 Å². The lowest BCUT2D eigenvalue weighted by atomic mass is 10.1. The van der Waals surface area contributed by atoms with E-state index in [2.05, 4.69) is 5.10 Å². The van der Waals surface area contributed by atoms with E-state index in [1.54, 1.807) is 12.1 Å². The van der Waals surface area contributed by atoms with Crippen molar-refractivity contribution in [3.63, 3.8) is 0 Å². The Hall–Kier alpha value is -2.30. The molecular weight excluding hydrogens is 244 g/mol. The number of aromatic nitrogens is 2. The fourth-order valence-corrected chi connectivity index (χ4v) is 1.95. The summed E-state index contributed by atoms with van der Waals surface area (Å²) in [6.07, 6.45) is 0. The molecule has 19 heavy (non-hydrogen) atoms. The van der Waals surface area contributed by atoms with Crippen molar-refractivity contribution in [1.82, 2.24) is 9.78 Å². The number of nitrogens with one attached hydrogen (secondary N) is 1. The second kappa shape index (κ2) is 4.76. The van der Waals surface area contributed by atoms with Crippen LogP contribution in [0.25, 0.3) is 5.69 Å². The summed E-state index contributed by atoms with van der Waals surface area (Å²) in [6, 6.07) is 7.31. The van der Waals surface area contributed by atoms with Gasteiger partial charge in [0.2, 0.25) is 0 Å². The van der Waals surface area contributed by atoms with Gasteiger partial charge in [0, 0.05) is 0 Å². The second-order valence-electron chi connectivity index (χ2n) is 4.84. The first-order chi connectivity index (χ1) is 8.91. The molecule has 0 aliphatic rings. The first-order valence-electron chi connectivity index (χ1n) is 6.07. The molecule has 0 amide bonds. The summed E-state index contributed by atoms with van der Waals surface area (Å²) in [5.74, 6) is -1.26. The van der Waals surface area contributed by atoms with Crippen LogP contribution in [0.3, 0.4) is 0 Å². The topological polar surface area (TPSA) is 75.1 Å². The maximum atomic E-state index is 12.2. The number of aromatic amines is 1. The van der Waals surface area contributed by atoms with Gasteiger partial charge in [-0.25, -0.2) is 9.48 Å². The summed E-state index contributed by atoms with van der Waals surface area (Å²) in [5, 5.41) is 12.1. The highest BCUT2D eigenvalue weighted by Crippen LogP contribution is 2.16. The monoisotopic (exact) mass is 260 g/mol. The standard InChI is InChI=1S/C14H16N2O3/c1-8(2)12-11(14(18)19)13(17)16(15-12)10-6-4-9(3)5-7-10/h4-8,15H,1-3H3,(H,18,19). The Kier molecular flexibility index (Phi) is 3.29. The fraction of sp³-hybridized carbons (Fsp3) is 0.286. The van der Waals surface area contributed by atoms with Crippen molar-refractivity contribution in [3.8, 4) is 5.69 Å². The number of hydrogen-bond donors (Lipinski definition) is 2. The molecular formula is C14H16N2O3. The van der Waals surface area contributed by atoms with E-state index in [1.807, 2.05) is 32.9 Å². The number of benzene rings is 1. The van der Waals surface area contributed by atoms with Crippen LogP contribution in [-0.2, 0) is 0 Å². The molecule has 0 spiro atoms. The van der Waals surface area contributed by atoms with Gasteiger partial charge in [0.25, 0.3) is 5.56 Å². The molecule has 0 saturated carbocycles. The molecule has 0 fully saturated rings. The normalized spacial score (nSPS) is 10.9. The minimum atomic E-state index is -1.20. The van der Waals surface area contributed by atoms with Gasteiger partial charge in [-0.05, 0) is 25.0 Å². The molecule has 1 heterocycles. The summed E-state index contributed by atoms with van der Waals surface area (Å²) < 4.78 is 1.28. The number of aromatic carboxylic acids is 1. The van der Waals surface area contributed by atoms with E-state index < -0.39 is 11.5 Å². The largest absolute Gasteiger partial charge is 0.477 e. The number of carboxylic acid groups (broad SMARTS) is 1. The molecule has 5 nitrogen and oxygen atoms in total. The summed E-state index contributed by atoms with van der Waals surface area (Å²) in [5.41, 5.74) is 1.43. The van der Waals surface area contributed by atoms with Crippen LogP contribution >= 0.6 is 0 Å². The molecule has 0 aliphatic carbocycles. The molecule has 0 radical (unpaired) electrons. The van der Waals surface area contributed by atoms with Crippen molar-refractivity contribution in [2.45, 2.75) is 26.7 Å². The zero-order chi connectivity index (χ0) is 14.2. The number of aryl methyl sites for hydroxylation is 1. The number of hydrogen-bond acceptors (Lipinski definition) is 2. The Bertz CT molecular complexity index is 663. The first kappa shape index (κ1) is 13.1. The predicted octanol–water partition coefficient (Wildman–Crippen LogP) is 2.30. The quantitative estimate of drug-likeness (QED) is 0.889. The third kappa shape index (κ3) is 2.31. The molecule has 5 heteroatoms. The van der Waals surface area contributed by atoms with Crippen molar-refractivity contribution in [2.75, 3.05) is 0 Å². The lowest BCUT2D eigenvalue weighted by Gasteiger charge is -2.04. The van der Waals surface area contributed by atoms with Gasteiger partial charge in [-0.3, -0.25) is 9.89 Å². The van der Waals surface area contributed by atoms with Gasteiger partial charge >= 0.3 is 5.97 Å². The summed E-state index contributed by atoms with van der Waals surface area (Å²) >= 11 is 0. The molecule has 100 valence electrons. The van der Waals surface area contributed by atoms with Gasteiger partial charge in [-0.15, -0.1) is 0 Å². The highest BCUT2D eigenvalue weighted by molar-refractivity contribution is 5.88. The Morgan fingerprint density at radius 2 is 1.84 bits per heavy atom. The van der Waals surface area contributed by atoms with Crippen molar-refractivity contribution < 1.29 is 9.90 Å². The number of carboxylic acids is 1. The molecule has 1 aromatic heterocycles. The molecule has 0 aliphatic heterocycles. The Morgan fingerprint density at radius 1 is 1.26 bits per heavy atom. The first-order valence-corrected chi connectivity index (χ1v) is 6.07. The Labute approximate surface area is 110 Å². The molecule has 0 unspecified atom stereocenters. The van der Waals surface area contributed by atoms with E-state index in [9.17, 15) is 9.59 Å². The third-order valence-corrected chi connectivity index (χ3v) is 3.00. The number of rotatable bonds is 3. The second-order valence-corrected chi connectivity index (χ2v) is 4.84. The van der Waals surface area contributed by atoms with Crippen molar-refractivity contribution in [1.29, 1.82) is 0 Å². The number of carbonyl (C=O) groups is 1. The van der Waals surface area contributed by atoms with Gasteiger partial charge in [0.1, 0.15) is 5.56 Å². The maximum Gasteiger partial charge on any atom is 0.343 e. The molecule has 2 N–H and O–H groups in total. The smallest absolute Gasteiger partial charge is 0.343 e. The molecule has 0 saturated heterocycles. The average Bonchev–Trinajstić information content (AvgIpc) is 2.68. The van der Waals surface area contributed by atoms with E-state index in [1.165, 1.54) is 4.68 Å². The van der Waals surface area contributed by atoms with Gasteiger partial charge in [0.05, 0.1) is 11.4 Å². The maximum absolute atomic E-state index is 12.2. The van der Waals surface area contributed by atoms with Crippen LogP contribution in [0.2, 0.25) is 0 Å². The molecule has 1 aromatic carbocycles. The Morgan fingerprint density at radius 3 is 2.26 bits per heavy atom. The molecule has 2 aromatic rings. The zero-order valence-electron chi connectivity index (χ0n) is 11.1. The minimum absolute atomic E-state index is 0.0644. The summed E-state index contributed by atoms with van der Waals surface area (Å²) in [7, 11) is 0. The van der Waals surface area contributed by atoms with Gasteiger partial charge in [-0.1, -0.05) is 31.5 Å². The van der Waals surface area contributed by atoms with Crippen LogP contribution in [0.5, 0.6) is 0 Å². The van der Waals surface area contributed by atoms with Crippen LogP contribution < -0.4 is 5.56 Å². The van der Waals surface area contributed by atoms with E-state index >= 15 is 0 Å². The van der Waals surface area contributed by atoms with Crippen LogP contribution in [0.4, 0.5) is 0 Å². The molecule has 0 atom stereocenters. The highest BCUT2D eigenvalue weighted by atomic mass is 16.4. The van der Waals surface area contributed by atoms with E-state index in [4.69, 9.17) is 5.11 Å². The number of H-pyrrole nitrogens is 1. The zero-order valence-corrected chi connectivity index (χ0v) is 11.1.